The average molecular weight is 391 g/mol. The summed E-state index contributed by atoms with van der Waals surface area (Å²) in [5, 5.41) is 9.99. The van der Waals surface area contributed by atoms with Gasteiger partial charge in [-0.3, -0.25) is 9.59 Å². The zero-order valence-electron chi connectivity index (χ0n) is 14.9. The first-order valence-electron chi connectivity index (χ1n) is 8.41. The van der Waals surface area contributed by atoms with Gasteiger partial charge in [0.2, 0.25) is 11.1 Å². The highest BCUT2D eigenvalue weighted by Gasteiger charge is 2.15. The number of hydrogen-bond acceptors (Lipinski definition) is 8. The molecule has 0 atom stereocenters. The number of hydrogen-bond donors (Lipinski definition) is 2. The second kappa shape index (κ2) is 10.3. The number of rotatable bonds is 9. The lowest BCUT2D eigenvalue weighted by Crippen LogP contribution is -2.30. The molecule has 1 amide bonds. The smallest absolute Gasteiger partial charge is 0.340 e. The predicted molar refractivity (Wildman–Crippen MR) is 102 cm³/mol. The lowest BCUT2D eigenvalue weighted by molar-refractivity contribution is -0.113. The molecular formula is C17H21N5O4S. The summed E-state index contributed by atoms with van der Waals surface area (Å²) in [6.07, 6.45) is 3.79. The molecule has 0 saturated carbocycles. The average Bonchev–Trinajstić information content (AvgIpc) is 2.66. The summed E-state index contributed by atoms with van der Waals surface area (Å²) in [7, 11) is 0. The van der Waals surface area contributed by atoms with E-state index in [1.165, 1.54) is 0 Å². The molecule has 0 spiro atoms. The number of carbonyl (C=O) groups is 2. The van der Waals surface area contributed by atoms with Crippen LogP contribution in [0.5, 0.6) is 0 Å². The number of ether oxygens (including phenoxy) is 1. The van der Waals surface area contributed by atoms with Crippen molar-refractivity contribution in [3.8, 4) is 0 Å². The van der Waals surface area contributed by atoms with Gasteiger partial charge < -0.3 is 15.9 Å². The van der Waals surface area contributed by atoms with Gasteiger partial charge in [-0.2, -0.15) is 9.77 Å². The lowest BCUT2D eigenvalue weighted by Gasteiger charge is -2.11. The molecule has 0 radical (unpaired) electrons. The Labute approximate surface area is 160 Å². The second-order valence-corrected chi connectivity index (χ2v) is 6.50. The number of unbranched alkanes of at least 4 members (excludes halogenated alkanes) is 2. The number of nitrogen functional groups attached to an aromatic ring is 1. The van der Waals surface area contributed by atoms with Crippen molar-refractivity contribution in [2.75, 3.05) is 23.5 Å². The molecule has 2 aromatic rings. The van der Waals surface area contributed by atoms with Crippen LogP contribution in [-0.4, -0.2) is 39.1 Å². The fraction of sp³-hybridized carbons (Fsp3) is 0.353. The van der Waals surface area contributed by atoms with Crippen LogP contribution in [0.4, 0.5) is 5.69 Å². The maximum atomic E-state index is 12.2. The summed E-state index contributed by atoms with van der Waals surface area (Å²) in [5.41, 5.74) is 0.111. The van der Waals surface area contributed by atoms with Gasteiger partial charge in [0.25, 0.3) is 5.56 Å². The zero-order chi connectivity index (χ0) is 19.6. The van der Waals surface area contributed by atoms with E-state index in [2.05, 4.69) is 22.4 Å². The first-order valence-corrected chi connectivity index (χ1v) is 9.40. The van der Waals surface area contributed by atoms with Crippen LogP contribution in [0.1, 0.15) is 36.5 Å². The Kier molecular flexibility index (Phi) is 7.80. The number of carbonyl (C=O) groups excluding carboxylic acids is 2. The van der Waals surface area contributed by atoms with Crippen molar-refractivity contribution in [3.05, 3.63) is 46.4 Å². The Bertz CT molecular complexity index is 855. The number of anilines is 1. The minimum atomic E-state index is -0.524. The molecular weight excluding hydrogens is 370 g/mol. The van der Waals surface area contributed by atoms with Crippen LogP contribution in [0.25, 0.3) is 0 Å². The summed E-state index contributed by atoms with van der Waals surface area (Å²) in [6.45, 7) is 2.40. The minimum absolute atomic E-state index is 0.0603. The van der Waals surface area contributed by atoms with Crippen LogP contribution in [0, 0.1) is 0 Å². The molecule has 9 nitrogen and oxygen atoms in total. The number of amides is 1. The fourth-order valence-corrected chi connectivity index (χ4v) is 2.78. The first kappa shape index (κ1) is 20.4. The molecule has 0 aliphatic carbocycles. The maximum Gasteiger partial charge on any atom is 0.340 e. The molecule has 0 aliphatic rings. The van der Waals surface area contributed by atoms with Gasteiger partial charge in [-0.05, 0) is 18.6 Å². The van der Waals surface area contributed by atoms with Gasteiger partial charge in [-0.15, -0.1) is 5.10 Å². The lowest BCUT2D eigenvalue weighted by atomic mass is 10.2. The molecule has 0 saturated heterocycles. The highest BCUT2D eigenvalue weighted by Crippen LogP contribution is 2.18. The monoisotopic (exact) mass is 391 g/mol. The van der Waals surface area contributed by atoms with Crippen molar-refractivity contribution in [1.82, 2.24) is 14.9 Å². The van der Waals surface area contributed by atoms with Gasteiger partial charge in [0.15, 0.2) is 0 Å². The standard InChI is InChI=1S/C17H21N5O4S/c1-2-3-6-9-26-16(25)12-7-4-5-8-13(12)20-14(23)11-27-17-21-19-10-15(24)22(17)18/h4-5,7-8,10H,2-3,6,9,11,18H2,1H3,(H,20,23). The molecule has 27 heavy (non-hydrogen) atoms. The largest absolute Gasteiger partial charge is 0.462 e. The third-order valence-electron chi connectivity index (χ3n) is 3.49. The summed E-state index contributed by atoms with van der Waals surface area (Å²) in [5.74, 6) is 4.61. The van der Waals surface area contributed by atoms with Crippen LogP contribution < -0.4 is 16.7 Å². The number of aromatic nitrogens is 3. The summed E-state index contributed by atoms with van der Waals surface area (Å²) in [6, 6.07) is 6.61. The molecule has 0 unspecified atom stereocenters. The quantitative estimate of drug-likeness (QED) is 0.284. The molecule has 3 N–H and O–H groups in total. The third-order valence-corrected chi connectivity index (χ3v) is 4.43. The number of benzene rings is 1. The molecule has 1 heterocycles. The number of nitrogens with zero attached hydrogens (tertiary/aromatic N) is 3. The Hall–Kier alpha value is -2.88. The van der Waals surface area contributed by atoms with Crippen molar-refractivity contribution in [2.24, 2.45) is 0 Å². The summed E-state index contributed by atoms with van der Waals surface area (Å²) in [4.78, 5) is 35.8. The molecule has 144 valence electrons. The van der Waals surface area contributed by atoms with Crippen molar-refractivity contribution < 1.29 is 14.3 Å². The van der Waals surface area contributed by atoms with Crippen LogP contribution >= 0.6 is 11.8 Å². The molecule has 0 aliphatic heterocycles. The number of thioether (sulfide) groups is 1. The summed E-state index contributed by atoms with van der Waals surface area (Å²) < 4.78 is 6.05. The van der Waals surface area contributed by atoms with E-state index in [4.69, 9.17) is 10.6 Å². The third kappa shape index (κ3) is 6.10. The summed E-state index contributed by atoms with van der Waals surface area (Å²) >= 11 is 0.958. The van der Waals surface area contributed by atoms with Gasteiger partial charge in [0.1, 0.15) is 6.20 Å². The zero-order valence-corrected chi connectivity index (χ0v) is 15.7. The second-order valence-electron chi connectivity index (χ2n) is 5.56. The Morgan fingerprint density at radius 2 is 2.07 bits per heavy atom. The van der Waals surface area contributed by atoms with Gasteiger partial charge >= 0.3 is 5.97 Å². The minimum Gasteiger partial charge on any atom is -0.462 e. The highest BCUT2D eigenvalue weighted by atomic mass is 32.2. The van der Waals surface area contributed by atoms with E-state index in [-0.39, 0.29) is 22.4 Å². The number of esters is 1. The van der Waals surface area contributed by atoms with E-state index in [1.54, 1.807) is 24.3 Å². The molecule has 10 heteroatoms. The van der Waals surface area contributed by atoms with E-state index >= 15 is 0 Å². The Balaban J connectivity index is 1.96. The molecule has 2 rings (SSSR count). The van der Waals surface area contributed by atoms with Gasteiger partial charge in [0, 0.05) is 0 Å². The van der Waals surface area contributed by atoms with Crippen LogP contribution in [0.15, 0.2) is 40.4 Å². The number of nitrogens with one attached hydrogen (secondary N) is 1. The predicted octanol–water partition coefficient (Wildman–Crippen LogP) is 1.43. The SMILES string of the molecule is CCCCCOC(=O)c1ccccc1NC(=O)CSc1nncc(=O)n1N. The topological polar surface area (TPSA) is 129 Å². The number of nitrogens with two attached hydrogens (primary N) is 1. The van der Waals surface area contributed by atoms with E-state index in [0.29, 0.717) is 12.3 Å². The number of para-hydroxylation sites is 1. The van der Waals surface area contributed by atoms with E-state index in [1.807, 2.05) is 0 Å². The van der Waals surface area contributed by atoms with Crippen LogP contribution in [0.3, 0.4) is 0 Å². The van der Waals surface area contributed by atoms with Crippen molar-refractivity contribution in [2.45, 2.75) is 31.3 Å². The van der Waals surface area contributed by atoms with Crippen LogP contribution in [-0.2, 0) is 9.53 Å². The maximum absolute atomic E-state index is 12.2. The molecule has 0 bridgehead atoms. The normalized spacial score (nSPS) is 10.4. The van der Waals surface area contributed by atoms with E-state index in [0.717, 1.165) is 41.9 Å². The molecule has 1 aromatic carbocycles. The van der Waals surface area contributed by atoms with Crippen molar-refractivity contribution >= 4 is 29.3 Å². The Morgan fingerprint density at radius 1 is 1.30 bits per heavy atom. The van der Waals surface area contributed by atoms with E-state index in [9.17, 15) is 14.4 Å². The van der Waals surface area contributed by atoms with Gasteiger partial charge in [-0.1, -0.05) is 43.7 Å². The highest BCUT2D eigenvalue weighted by molar-refractivity contribution is 7.99. The van der Waals surface area contributed by atoms with Crippen molar-refractivity contribution in [3.63, 3.8) is 0 Å². The Morgan fingerprint density at radius 3 is 2.85 bits per heavy atom. The fourth-order valence-electron chi connectivity index (χ4n) is 2.11. The van der Waals surface area contributed by atoms with Gasteiger partial charge in [-0.25, -0.2) is 4.79 Å². The van der Waals surface area contributed by atoms with Crippen molar-refractivity contribution in [1.29, 1.82) is 0 Å². The van der Waals surface area contributed by atoms with Gasteiger partial charge in [0.05, 0.1) is 23.6 Å². The van der Waals surface area contributed by atoms with E-state index < -0.39 is 11.5 Å². The van der Waals surface area contributed by atoms with Crippen LogP contribution in [0.2, 0.25) is 0 Å². The first-order chi connectivity index (χ1) is 13.0. The molecule has 1 aromatic heterocycles. The molecule has 0 fully saturated rings.